The Labute approximate surface area is 153 Å². The molecular formula is C21H22N2O3. The van der Waals surface area contributed by atoms with Gasteiger partial charge < -0.3 is 23.7 Å². The van der Waals surface area contributed by atoms with Gasteiger partial charge in [-0.05, 0) is 54.6 Å². The van der Waals surface area contributed by atoms with E-state index in [1.165, 1.54) is 0 Å². The summed E-state index contributed by atoms with van der Waals surface area (Å²) in [5.74, 6) is 1.71. The van der Waals surface area contributed by atoms with Crippen LogP contribution in [-0.2, 0) is 4.74 Å². The van der Waals surface area contributed by atoms with Crippen molar-refractivity contribution in [3.05, 3.63) is 72.6 Å². The molecule has 1 saturated heterocycles. The lowest BCUT2D eigenvalue weighted by atomic mass is 10.2. The summed E-state index contributed by atoms with van der Waals surface area (Å²) in [6, 6.07) is 18.2. The minimum absolute atomic E-state index is 0.0807. The molecule has 0 bridgehead atoms. The maximum Gasteiger partial charge on any atom is 0.158 e. The van der Waals surface area contributed by atoms with Crippen LogP contribution >= 0.6 is 0 Å². The minimum atomic E-state index is -0.0807. The number of ether oxygens (including phenoxy) is 3. The van der Waals surface area contributed by atoms with Crippen LogP contribution in [0.4, 0.5) is 5.69 Å². The number of nitrogens with zero attached hydrogens (tertiary/aromatic N) is 2. The Bertz CT molecular complexity index is 856. The van der Waals surface area contributed by atoms with E-state index in [4.69, 9.17) is 14.2 Å². The SMILES string of the molecule is COc1ccc(N2CCO[C@H]2c2ccn(-c3ccc(OC)cc3)c2)cc1. The van der Waals surface area contributed by atoms with Gasteiger partial charge in [0.15, 0.2) is 6.23 Å². The monoisotopic (exact) mass is 350 g/mol. The summed E-state index contributed by atoms with van der Waals surface area (Å²) in [6.45, 7) is 1.58. The number of benzene rings is 2. The molecule has 1 aliphatic rings. The maximum atomic E-state index is 6.01. The van der Waals surface area contributed by atoms with Crippen molar-refractivity contribution in [1.29, 1.82) is 0 Å². The Kier molecular flexibility index (Phi) is 4.54. The fourth-order valence-electron chi connectivity index (χ4n) is 3.26. The van der Waals surface area contributed by atoms with Crippen LogP contribution in [0.1, 0.15) is 11.8 Å². The Morgan fingerprint density at radius 2 is 1.46 bits per heavy atom. The number of hydrogen-bond acceptors (Lipinski definition) is 4. The molecule has 0 amide bonds. The van der Waals surface area contributed by atoms with E-state index < -0.39 is 0 Å². The first-order valence-corrected chi connectivity index (χ1v) is 8.63. The molecule has 0 saturated carbocycles. The highest BCUT2D eigenvalue weighted by atomic mass is 16.5. The summed E-state index contributed by atoms with van der Waals surface area (Å²) in [5.41, 5.74) is 3.35. The quantitative estimate of drug-likeness (QED) is 0.696. The third kappa shape index (κ3) is 3.13. The fourth-order valence-corrected chi connectivity index (χ4v) is 3.26. The standard InChI is InChI=1S/C21H22N2O3/c1-24-19-7-3-17(4-8-19)22-12-11-16(15-22)21-23(13-14-26-21)18-5-9-20(25-2)10-6-18/h3-12,15,21H,13-14H2,1-2H3/t21-/m0/s1. The van der Waals surface area contributed by atoms with Gasteiger partial charge in [-0.15, -0.1) is 0 Å². The lowest BCUT2D eigenvalue weighted by Crippen LogP contribution is -2.22. The van der Waals surface area contributed by atoms with Gasteiger partial charge in [0.25, 0.3) is 0 Å². The topological polar surface area (TPSA) is 35.9 Å². The highest BCUT2D eigenvalue weighted by Crippen LogP contribution is 2.33. The zero-order chi connectivity index (χ0) is 17.9. The van der Waals surface area contributed by atoms with E-state index >= 15 is 0 Å². The molecule has 134 valence electrons. The molecule has 26 heavy (non-hydrogen) atoms. The third-order valence-corrected chi connectivity index (χ3v) is 4.67. The van der Waals surface area contributed by atoms with Crippen molar-refractivity contribution in [2.75, 3.05) is 32.3 Å². The number of hydrogen-bond donors (Lipinski definition) is 0. The van der Waals surface area contributed by atoms with Crippen LogP contribution in [-0.4, -0.2) is 31.9 Å². The first kappa shape index (κ1) is 16.5. The molecule has 1 aliphatic heterocycles. The van der Waals surface area contributed by atoms with Crippen LogP contribution in [0.15, 0.2) is 67.0 Å². The zero-order valence-corrected chi connectivity index (χ0v) is 15.0. The van der Waals surface area contributed by atoms with Crippen LogP contribution in [0.2, 0.25) is 0 Å². The van der Waals surface area contributed by atoms with Crippen LogP contribution in [0.3, 0.4) is 0 Å². The second-order valence-corrected chi connectivity index (χ2v) is 6.16. The molecule has 5 nitrogen and oxygen atoms in total. The molecule has 0 spiro atoms. The molecule has 5 heteroatoms. The summed E-state index contributed by atoms with van der Waals surface area (Å²) < 4.78 is 18.6. The average molecular weight is 350 g/mol. The van der Waals surface area contributed by atoms with E-state index in [0.29, 0.717) is 6.61 Å². The summed E-state index contributed by atoms with van der Waals surface area (Å²) in [7, 11) is 3.35. The molecule has 0 unspecified atom stereocenters. The van der Waals surface area contributed by atoms with Crippen molar-refractivity contribution in [2.24, 2.45) is 0 Å². The van der Waals surface area contributed by atoms with Gasteiger partial charge in [-0.3, -0.25) is 0 Å². The van der Waals surface area contributed by atoms with Gasteiger partial charge in [0.05, 0.1) is 20.8 Å². The first-order valence-electron chi connectivity index (χ1n) is 8.63. The summed E-state index contributed by atoms with van der Waals surface area (Å²) in [5, 5.41) is 0. The van der Waals surface area contributed by atoms with Crippen molar-refractivity contribution >= 4 is 5.69 Å². The van der Waals surface area contributed by atoms with Crippen molar-refractivity contribution in [3.63, 3.8) is 0 Å². The van der Waals surface area contributed by atoms with Crippen molar-refractivity contribution in [3.8, 4) is 17.2 Å². The minimum Gasteiger partial charge on any atom is -0.497 e. The molecule has 3 aromatic rings. The Morgan fingerprint density at radius 1 is 0.846 bits per heavy atom. The first-order chi connectivity index (χ1) is 12.8. The highest BCUT2D eigenvalue weighted by molar-refractivity contribution is 5.51. The predicted molar refractivity (Wildman–Crippen MR) is 101 cm³/mol. The van der Waals surface area contributed by atoms with E-state index in [9.17, 15) is 0 Å². The zero-order valence-electron chi connectivity index (χ0n) is 15.0. The Hall–Kier alpha value is -2.92. The van der Waals surface area contributed by atoms with Gasteiger partial charge >= 0.3 is 0 Å². The molecule has 1 fully saturated rings. The number of methoxy groups -OCH3 is 2. The van der Waals surface area contributed by atoms with E-state index in [0.717, 1.165) is 35.0 Å². The molecule has 4 rings (SSSR count). The summed E-state index contributed by atoms with van der Waals surface area (Å²) in [4.78, 5) is 2.27. The number of aromatic nitrogens is 1. The van der Waals surface area contributed by atoms with Crippen molar-refractivity contribution in [2.45, 2.75) is 6.23 Å². The van der Waals surface area contributed by atoms with Crippen molar-refractivity contribution < 1.29 is 14.2 Å². The summed E-state index contributed by atoms with van der Waals surface area (Å²) >= 11 is 0. The molecule has 0 N–H and O–H groups in total. The van der Waals surface area contributed by atoms with Gasteiger partial charge in [-0.1, -0.05) is 0 Å². The van der Waals surface area contributed by atoms with Crippen LogP contribution in [0, 0.1) is 0 Å². The van der Waals surface area contributed by atoms with Crippen LogP contribution in [0.25, 0.3) is 5.69 Å². The van der Waals surface area contributed by atoms with Crippen molar-refractivity contribution in [1.82, 2.24) is 4.57 Å². The summed E-state index contributed by atoms with van der Waals surface area (Å²) in [6.07, 6.45) is 4.10. The number of anilines is 1. The molecular weight excluding hydrogens is 328 g/mol. The van der Waals surface area contributed by atoms with Crippen LogP contribution in [0.5, 0.6) is 11.5 Å². The Morgan fingerprint density at radius 3 is 2.08 bits per heavy atom. The lowest BCUT2D eigenvalue weighted by Gasteiger charge is -2.24. The molecule has 0 aliphatic carbocycles. The molecule has 0 radical (unpaired) electrons. The maximum absolute atomic E-state index is 6.01. The Balaban J connectivity index is 1.57. The predicted octanol–water partition coefficient (Wildman–Crippen LogP) is 4.03. The molecule has 2 heterocycles. The average Bonchev–Trinajstić information content (AvgIpc) is 3.37. The van der Waals surface area contributed by atoms with Gasteiger partial charge in [0.2, 0.25) is 0 Å². The normalized spacial score (nSPS) is 16.7. The van der Waals surface area contributed by atoms with Gasteiger partial charge in [0.1, 0.15) is 11.5 Å². The van der Waals surface area contributed by atoms with E-state index in [1.54, 1.807) is 14.2 Å². The molecule has 2 aromatic carbocycles. The number of rotatable bonds is 5. The van der Waals surface area contributed by atoms with E-state index in [-0.39, 0.29) is 6.23 Å². The van der Waals surface area contributed by atoms with Gasteiger partial charge in [-0.2, -0.15) is 0 Å². The van der Waals surface area contributed by atoms with Gasteiger partial charge in [-0.25, -0.2) is 0 Å². The fraction of sp³-hybridized carbons (Fsp3) is 0.238. The molecule has 1 atom stereocenters. The second-order valence-electron chi connectivity index (χ2n) is 6.16. The van der Waals surface area contributed by atoms with E-state index in [1.807, 2.05) is 36.4 Å². The second kappa shape index (κ2) is 7.14. The largest absolute Gasteiger partial charge is 0.497 e. The third-order valence-electron chi connectivity index (χ3n) is 4.67. The highest BCUT2D eigenvalue weighted by Gasteiger charge is 2.28. The smallest absolute Gasteiger partial charge is 0.158 e. The van der Waals surface area contributed by atoms with E-state index in [2.05, 4.69) is 40.1 Å². The van der Waals surface area contributed by atoms with Crippen LogP contribution < -0.4 is 14.4 Å². The van der Waals surface area contributed by atoms with Gasteiger partial charge in [0, 0.05) is 35.9 Å². The molecule has 1 aromatic heterocycles. The lowest BCUT2D eigenvalue weighted by molar-refractivity contribution is 0.114.